The lowest BCUT2D eigenvalue weighted by Gasteiger charge is -2.58. The first-order chi connectivity index (χ1) is 19.1. The number of hydrogen-bond donors (Lipinski definition) is 0. The van der Waals surface area contributed by atoms with Gasteiger partial charge < -0.3 is 9.47 Å². The Bertz CT molecular complexity index is 1900. The van der Waals surface area contributed by atoms with Crippen LogP contribution in [0.2, 0.25) is 0 Å². The lowest BCUT2D eigenvalue weighted by Crippen LogP contribution is -2.65. The topological polar surface area (TPSA) is 8.17 Å². The number of anilines is 2. The molecule has 2 saturated carbocycles. The first-order valence-corrected chi connectivity index (χ1v) is 15.2. The molecule has 10 rings (SSSR count). The van der Waals surface area contributed by atoms with E-state index in [4.69, 9.17) is 0 Å². The van der Waals surface area contributed by atoms with Crippen LogP contribution >= 0.6 is 0 Å². The molecular weight excluding hydrogens is 471 g/mol. The number of fused-ring (bicyclic) bond motifs is 12. The monoisotopic (exact) mass is 504 g/mol. The summed E-state index contributed by atoms with van der Waals surface area (Å²) >= 11 is 0. The van der Waals surface area contributed by atoms with Gasteiger partial charge in [0.2, 0.25) is 0 Å². The quantitative estimate of drug-likeness (QED) is 0.209. The first kappa shape index (κ1) is 21.4. The molecule has 3 heteroatoms. The van der Waals surface area contributed by atoms with E-state index in [1.54, 1.807) is 11.3 Å². The summed E-state index contributed by atoms with van der Waals surface area (Å²) < 4.78 is 2.58. The smallest absolute Gasteiger partial charge is 0.252 e. The molecule has 0 amide bonds. The maximum absolute atomic E-state index is 2.87. The van der Waals surface area contributed by atoms with Crippen LogP contribution in [0.25, 0.3) is 27.5 Å². The molecule has 0 bridgehead atoms. The molecule has 0 N–H and O–H groups in total. The van der Waals surface area contributed by atoms with Crippen molar-refractivity contribution < 1.29 is 0 Å². The third-order valence-corrected chi connectivity index (χ3v) is 12.3. The first-order valence-electron chi connectivity index (χ1n) is 15.2. The molecule has 4 unspecified atom stereocenters. The molecule has 1 aromatic heterocycles. The number of nitrogens with zero attached hydrogens (tertiary/aromatic N) is 2. The molecule has 190 valence electrons. The van der Waals surface area contributed by atoms with Crippen LogP contribution in [0, 0.1) is 11.8 Å². The van der Waals surface area contributed by atoms with Crippen LogP contribution < -0.4 is 21.3 Å². The summed E-state index contributed by atoms with van der Waals surface area (Å²) in [6, 6.07) is 30.6. The van der Waals surface area contributed by atoms with Gasteiger partial charge >= 0.3 is 0 Å². The van der Waals surface area contributed by atoms with Crippen LogP contribution in [0.15, 0.2) is 78.9 Å². The van der Waals surface area contributed by atoms with Gasteiger partial charge in [-0.25, -0.2) is 0 Å². The molecule has 0 saturated heterocycles. The Morgan fingerprint density at radius 2 is 1.51 bits per heavy atom. The Hall–Kier alpha value is -3.46. The molecule has 0 radical (unpaired) electrons. The number of para-hydroxylation sites is 3. The van der Waals surface area contributed by atoms with E-state index in [0.29, 0.717) is 0 Å². The van der Waals surface area contributed by atoms with Crippen LogP contribution in [0.1, 0.15) is 57.9 Å². The highest BCUT2D eigenvalue weighted by Gasteiger charge is 2.65. The number of hydrogen-bond acceptors (Lipinski definition) is 1. The highest BCUT2D eigenvalue weighted by Crippen LogP contribution is 2.66. The second-order valence-electron chi connectivity index (χ2n) is 13.5. The van der Waals surface area contributed by atoms with Gasteiger partial charge in [0.15, 0.2) is 0 Å². The summed E-state index contributed by atoms with van der Waals surface area (Å²) in [7, 11) is 0. The molecule has 2 nitrogen and oxygen atoms in total. The number of rotatable bonds is 0. The van der Waals surface area contributed by atoms with Crippen molar-refractivity contribution in [1.82, 2.24) is 4.57 Å². The van der Waals surface area contributed by atoms with E-state index in [2.05, 4.69) is 102 Å². The number of aromatic nitrogens is 1. The fourth-order valence-corrected chi connectivity index (χ4v) is 10.6. The van der Waals surface area contributed by atoms with E-state index in [0.717, 1.165) is 11.8 Å². The lowest BCUT2D eigenvalue weighted by molar-refractivity contribution is 0.0322. The zero-order valence-corrected chi connectivity index (χ0v) is 22.9. The summed E-state index contributed by atoms with van der Waals surface area (Å²) in [6.45, 7) is 5.57. The Morgan fingerprint density at radius 1 is 0.744 bits per heavy atom. The van der Waals surface area contributed by atoms with Crippen molar-refractivity contribution in [3.8, 4) is 5.69 Å². The second-order valence-corrected chi connectivity index (χ2v) is 13.5. The zero-order chi connectivity index (χ0) is 25.7. The summed E-state index contributed by atoms with van der Waals surface area (Å²) in [5.41, 5.74) is 13.5. The van der Waals surface area contributed by atoms with Gasteiger partial charge in [-0.2, -0.15) is 0 Å². The van der Waals surface area contributed by atoms with E-state index in [1.807, 2.05) is 0 Å². The Balaban J connectivity index is 1.35. The van der Waals surface area contributed by atoms with E-state index >= 15 is 0 Å². The van der Waals surface area contributed by atoms with E-state index < -0.39 is 0 Å². The third kappa shape index (κ3) is 2.18. The van der Waals surface area contributed by atoms with E-state index in [9.17, 15) is 0 Å². The minimum atomic E-state index is 0.0923. The highest BCUT2D eigenvalue weighted by atomic mass is 15.3. The van der Waals surface area contributed by atoms with E-state index in [1.165, 1.54) is 88.1 Å². The molecule has 2 aliphatic carbocycles. The Kier molecular flexibility index (Phi) is 3.73. The predicted octanol–water partition coefficient (Wildman–Crippen LogP) is 6.70. The van der Waals surface area contributed by atoms with Gasteiger partial charge in [0.25, 0.3) is 6.71 Å². The van der Waals surface area contributed by atoms with Gasteiger partial charge in [-0.15, -0.1) is 0 Å². The van der Waals surface area contributed by atoms with Gasteiger partial charge in [-0.3, -0.25) is 0 Å². The standard InChI is InChI=1S/C36H33BN2/c1-35-21-20-22-10-3-5-13-25(22)36(35,2)26-14-8-16-28-34(26)39(35)31-19-9-18-30-32(31)37(28)27-15-7-12-24-23-11-4-6-17-29(23)38(30)33(24)27/h4,6-9,11-12,14-19,22,25H,3,5,10,13,20-21H2,1-2H3. The molecule has 5 aliphatic rings. The van der Waals surface area contributed by atoms with Crippen molar-refractivity contribution in [3.05, 3.63) is 84.4 Å². The number of benzene rings is 4. The summed E-state index contributed by atoms with van der Waals surface area (Å²) in [5.74, 6) is 1.66. The molecular formula is C36H33BN2. The van der Waals surface area contributed by atoms with Gasteiger partial charge in [-0.1, -0.05) is 86.8 Å². The lowest BCUT2D eigenvalue weighted by atomic mass is 9.33. The van der Waals surface area contributed by atoms with Crippen molar-refractivity contribution in [1.29, 1.82) is 0 Å². The zero-order valence-electron chi connectivity index (χ0n) is 22.9. The average molecular weight is 504 g/mol. The molecule has 4 aromatic carbocycles. The predicted molar refractivity (Wildman–Crippen MR) is 164 cm³/mol. The van der Waals surface area contributed by atoms with Crippen molar-refractivity contribution >= 4 is 56.3 Å². The summed E-state index contributed by atoms with van der Waals surface area (Å²) in [4.78, 5) is 2.87. The molecule has 39 heavy (non-hydrogen) atoms. The van der Waals surface area contributed by atoms with Crippen LogP contribution in [-0.4, -0.2) is 16.8 Å². The Labute approximate surface area is 230 Å². The Morgan fingerprint density at radius 3 is 2.46 bits per heavy atom. The van der Waals surface area contributed by atoms with Gasteiger partial charge in [-0.05, 0) is 78.2 Å². The fraction of sp³-hybridized carbons (Fsp3) is 0.333. The van der Waals surface area contributed by atoms with Crippen LogP contribution in [0.3, 0.4) is 0 Å². The van der Waals surface area contributed by atoms with Crippen molar-refractivity contribution in [2.24, 2.45) is 11.8 Å². The van der Waals surface area contributed by atoms with Crippen LogP contribution in [-0.2, 0) is 5.41 Å². The van der Waals surface area contributed by atoms with Gasteiger partial charge in [0, 0.05) is 38.8 Å². The summed E-state index contributed by atoms with van der Waals surface area (Å²) in [6.07, 6.45) is 8.30. The molecule has 4 atom stereocenters. The molecule has 4 heterocycles. The molecule has 5 aromatic rings. The highest BCUT2D eigenvalue weighted by molar-refractivity contribution is 7.00. The fourth-order valence-electron chi connectivity index (χ4n) is 10.6. The molecule has 3 aliphatic heterocycles. The van der Waals surface area contributed by atoms with E-state index in [-0.39, 0.29) is 17.7 Å². The third-order valence-electron chi connectivity index (χ3n) is 12.3. The maximum atomic E-state index is 2.87. The van der Waals surface area contributed by atoms with Crippen molar-refractivity contribution in [3.63, 3.8) is 0 Å². The largest absolute Gasteiger partial charge is 0.335 e. The minimum Gasteiger partial charge on any atom is -0.335 e. The SMILES string of the molecule is CC12c3cccc4c3N(c3cccc5c3B4c3cccc4c6ccccc6n-5c34)C1(C)CCC1CCCCC12. The molecule has 0 spiro atoms. The second kappa shape index (κ2) is 6.81. The van der Waals surface area contributed by atoms with Crippen molar-refractivity contribution in [2.45, 2.75) is 63.3 Å². The van der Waals surface area contributed by atoms with Gasteiger partial charge in [0.1, 0.15) is 0 Å². The maximum Gasteiger partial charge on any atom is 0.252 e. The average Bonchev–Trinajstić information content (AvgIpc) is 3.42. The summed E-state index contributed by atoms with van der Waals surface area (Å²) in [5, 5.41) is 2.74. The minimum absolute atomic E-state index is 0.0923. The normalized spacial score (nSPS) is 29.3. The molecule has 2 fully saturated rings. The van der Waals surface area contributed by atoms with Gasteiger partial charge in [0.05, 0.1) is 11.1 Å². The van der Waals surface area contributed by atoms with Crippen LogP contribution in [0.4, 0.5) is 11.4 Å². The van der Waals surface area contributed by atoms with Crippen molar-refractivity contribution in [2.75, 3.05) is 4.90 Å². The van der Waals surface area contributed by atoms with Crippen LogP contribution in [0.5, 0.6) is 0 Å².